The Hall–Kier alpha value is 0.350. The Bertz CT molecular complexity index is 30.6. The summed E-state index contributed by atoms with van der Waals surface area (Å²) in [6.45, 7) is 2.27. The molecular formula is C4H8S. The Morgan fingerprint density at radius 3 is 2.20 bits per heavy atom. The molecule has 0 radical (unpaired) electrons. The summed E-state index contributed by atoms with van der Waals surface area (Å²) < 4.78 is 0. The molecule has 1 aliphatic rings. The fourth-order valence-corrected chi connectivity index (χ4v) is 1.06. The SMILES string of the molecule is CC1CCS1. The van der Waals surface area contributed by atoms with Gasteiger partial charge in [0.15, 0.2) is 0 Å². The molecule has 0 spiro atoms. The Kier molecular flexibility index (Phi) is 0.856. The molecule has 5 heavy (non-hydrogen) atoms. The normalized spacial score (nSPS) is 36.6. The Morgan fingerprint density at radius 1 is 1.80 bits per heavy atom. The average Bonchev–Trinajstić information content (AvgIpc) is 1.30. The van der Waals surface area contributed by atoms with Crippen molar-refractivity contribution in [3.63, 3.8) is 0 Å². The topological polar surface area (TPSA) is 0 Å². The maximum atomic E-state index is 2.27. The summed E-state index contributed by atoms with van der Waals surface area (Å²) in [6, 6.07) is 0. The summed E-state index contributed by atoms with van der Waals surface area (Å²) in [7, 11) is 0. The van der Waals surface area contributed by atoms with Gasteiger partial charge in [-0.2, -0.15) is 11.8 Å². The van der Waals surface area contributed by atoms with Crippen molar-refractivity contribution in [3.8, 4) is 0 Å². The van der Waals surface area contributed by atoms with Crippen molar-refractivity contribution in [1.29, 1.82) is 0 Å². The molecule has 1 heteroatoms. The van der Waals surface area contributed by atoms with Crippen LogP contribution in [-0.4, -0.2) is 11.0 Å². The number of hydrogen-bond acceptors (Lipinski definition) is 1. The molecule has 0 aromatic heterocycles. The highest BCUT2D eigenvalue weighted by Gasteiger charge is 2.09. The summed E-state index contributed by atoms with van der Waals surface area (Å²) in [5.74, 6) is 1.40. The zero-order valence-electron chi connectivity index (χ0n) is 3.40. The van der Waals surface area contributed by atoms with E-state index in [2.05, 4.69) is 18.7 Å². The molecule has 1 atom stereocenters. The van der Waals surface area contributed by atoms with Crippen LogP contribution >= 0.6 is 11.8 Å². The van der Waals surface area contributed by atoms with Crippen molar-refractivity contribution in [2.75, 3.05) is 5.75 Å². The predicted molar refractivity (Wildman–Crippen MR) is 26.5 cm³/mol. The predicted octanol–water partition coefficient (Wildman–Crippen LogP) is 1.51. The number of thioether (sulfide) groups is 1. The molecule has 0 saturated carbocycles. The number of rotatable bonds is 0. The minimum absolute atomic E-state index is 0.981. The van der Waals surface area contributed by atoms with Crippen LogP contribution in [0.25, 0.3) is 0 Å². The maximum Gasteiger partial charge on any atom is 0.00265 e. The van der Waals surface area contributed by atoms with Gasteiger partial charge in [0.05, 0.1) is 0 Å². The third kappa shape index (κ3) is 0.596. The molecule has 0 aromatic rings. The summed E-state index contributed by atoms with van der Waals surface area (Å²) in [5.41, 5.74) is 0. The summed E-state index contributed by atoms with van der Waals surface area (Å²) in [5, 5.41) is 0.981. The van der Waals surface area contributed by atoms with Crippen LogP contribution < -0.4 is 0 Å². The second-order valence-corrected chi connectivity index (χ2v) is 3.02. The molecule has 1 aliphatic heterocycles. The van der Waals surface area contributed by atoms with Gasteiger partial charge >= 0.3 is 0 Å². The monoisotopic (exact) mass is 88.0 g/mol. The van der Waals surface area contributed by atoms with E-state index in [1.54, 1.807) is 0 Å². The minimum atomic E-state index is 0.981. The summed E-state index contributed by atoms with van der Waals surface area (Å²) in [4.78, 5) is 0. The van der Waals surface area contributed by atoms with Crippen molar-refractivity contribution in [2.24, 2.45) is 0 Å². The summed E-state index contributed by atoms with van der Waals surface area (Å²) in [6.07, 6.45) is 1.45. The first kappa shape index (κ1) is 3.54. The van der Waals surface area contributed by atoms with Gasteiger partial charge in [-0.05, 0) is 12.2 Å². The molecular weight excluding hydrogens is 80.1 g/mol. The zero-order chi connectivity index (χ0) is 3.70. The first-order valence-corrected chi connectivity index (χ1v) is 3.06. The minimum Gasteiger partial charge on any atom is -0.159 e. The Balaban J connectivity index is 2.08. The van der Waals surface area contributed by atoms with Crippen LogP contribution in [0, 0.1) is 0 Å². The molecule has 0 nitrogen and oxygen atoms in total. The largest absolute Gasteiger partial charge is 0.159 e. The van der Waals surface area contributed by atoms with Gasteiger partial charge in [-0.1, -0.05) is 6.92 Å². The van der Waals surface area contributed by atoms with Crippen LogP contribution in [0.5, 0.6) is 0 Å². The highest BCUT2D eigenvalue weighted by atomic mass is 32.2. The third-order valence-electron chi connectivity index (χ3n) is 0.927. The lowest BCUT2D eigenvalue weighted by atomic mass is 10.3. The van der Waals surface area contributed by atoms with Crippen LogP contribution in [-0.2, 0) is 0 Å². The third-order valence-corrected chi connectivity index (χ3v) is 2.20. The van der Waals surface area contributed by atoms with Crippen molar-refractivity contribution in [2.45, 2.75) is 18.6 Å². The second-order valence-electron chi connectivity index (χ2n) is 1.47. The van der Waals surface area contributed by atoms with Gasteiger partial charge in [-0.25, -0.2) is 0 Å². The van der Waals surface area contributed by atoms with Crippen LogP contribution in [0.4, 0.5) is 0 Å². The van der Waals surface area contributed by atoms with E-state index < -0.39 is 0 Å². The van der Waals surface area contributed by atoms with E-state index >= 15 is 0 Å². The van der Waals surface area contributed by atoms with E-state index in [0.717, 1.165) is 5.25 Å². The van der Waals surface area contributed by atoms with Gasteiger partial charge < -0.3 is 0 Å². The lowest BCUT2D eigenvalue weighted by molar-refractivity contribution is 0.861. The van der Waals surface area contributed by atoms with Crippen LogP contribution in [0.3, 0.4) is 0 Å². The van der Waals surface area contributed by atoms with Crippen molar-refractivity contribution in [1.82, 2.24) is 0 Å². The van der Waals surface area contributed by atoms with Crippen molar-refractivity contribution in [3.05, 3.63) is 0 Å². The van der Waals surface area contributed by atoms with E-state index in [9.17, 15) is 0 Å². The molecule has 30 valence electrons. The Labute approximate surface area is 37.0 Å². The fraction of sp³-hybridized carbons (Fsp3) is 1.00. The first-order valence-electron chi connectivity index (χ1n) is 2.01. The van der Waals surface area contributed by atoms with Crippen LogP contribution in [0.2, 0.25) is 0 Å². The molecule has 0 bridgehead atoms. The molecule has 1 fully saturated rings. The van der Waals surface area contributed by atoms with E-state index in [4.69, 9.17) is 0 Å². The quantitative estimate of drug-likeness (QED) is 0.432. The maximum absolute atomic E-state index is 2.27. The highest BCUT2D eigenvalue weighted by Crippen LogP contribution is 2.25. The Morgan fingerprint density at radius 2 is 2.20 bits per heavy atom. The average molecular weight is 88.2 g/mol. The van der Waals surface area contributed by atoms with Gasteiger partial charge in [0.2, 0.25) is 0 Å². The number of hydrogen-bond donors (Lipinski definition) is 0. The van der Waals surface area contributed by atoms with Gasteiger partial charge in [0, 0.05) is 5.25 Å². The molecule has 0 amide bonds. The van der Waals surface area contributed by atoms with E-state index in [1.165, 1.54) is 12.2 Å². The molecule has 1 saturated heterocycles. The van der Waals surface area contributed by atoms with Gasteiger partial charge in [-0.3, -0.25) is 0 Å². The lowest BCUT2D eigenvalue weighted by Crippen LogP contribution is -2.09. The van der Waals surface area contributed by atoms with Crippen LogP contribution in [0.1, 0.15) is 13.3 Å². The van der Waals surface area contributed by atoms with E-state index in [1.807, 2.05) is 0 Å². The van der Waals surface area contributed by atoms with E-state index in [-0.39, 0.29) is 0 Å². The van der Waals surface area contributed by atoms with Gasteiger partial charge in [0.1, 0.15) is 0 Å². The van der Waals surface area contributed by atoms with Gasteiger partial charge in [-0.15, -0.1) is 0 Å². The molecule has 0 N–H and O–H groups in total. The standard InChI is InChI=1S/C4H8S/c1-4-2-3-5-4/h4H,2-3H2,1H3. The highest BCUT2D eigenvalue weighted by molar-refractivity contribution is 8.01. The molecule has 1 rings (SSSR count). The van der Waals surface area contributed by atoms with Crippen LogP contribution in [0.15, 0.2) is 0 Å². The van der Waals surface area contributed by atoms with Crippen molar-refractivity contribution >= 4 is 11.8 Å². The molecule has 0 aromatic carbocycles. The fourth-order valence-electron chi connectivity index (χ4n) is 0.354. The second kappa shape index (κ2) is 1.21. The van der Waals surface area contributed by atoms with Gasteiger partial charge in [0.25, 0.3) is 0 Å². The molecule has 1 heterocycles. The van der Waals surface area contributed by atoms with Crippen molar-refractivity contribution < 1.29 is 0 Å². The molecule has 1 unspecified atom stereocenters. The first-order chi connectivity index (χ1) is 2.39. The smallest absolute Gasteiger partial charge is 0.00265 e. The lowest BCUT2D eigenvalue weighted by Gasteiger charge is -2.18. The zero-order valence-corrected chi connectivity index (χ0v) is 4.22. The summed E-state index contributed by atoms with van der Waals surface area (Å²) >= 11 is 2.06. The molecule has 0 aliphatic carbocycles. The van der Waals surface area contributed by atoms with E-state index in [0.29, 0.717) is 0 Å².